The van der Waals surface area contributed by atoms with E-state index in [-0.39, 0.29) is 0 Å². The van der Waals surface area contributed by atoms with Gasteiger partial charge in [-0.25, -0.2) is 5.43 Å². The SMILES string of the molecule is COc1ccc(CN2C=C3C(Cl)=CC=C4N=CC=CC43N2)cc1. The Morgan fingerprint density at radius 2 is 2.09 bits per heavy atom. The van der Waals surface area contributed by atoms with Crippen LogP contribution < -0.4 is 10.2 Å². The quantitative estimate of drug-likeness (QED) is 0.926. The molecule has 0 saturated heterocycles. The summed E-state index contributed by atoms with van der Waals surface area (Å²) in [6.45, 7) is 0.726. The van der Waals surface area contributed by atoms with Gasteiger partial charge in [-0.3, -0.25) is 4.99 Å². The fourth-order valence-corrected chi connectivity index (χ4v) is 3.34. The molecule has 0 aromatic heterocycles. The monoisotopic (exact) mass is 325 g/mol. The van der Waals surface area contributed by atoms with Crippen LogP contribution in [0.15, 0.2) is 76.1 Å². The molecule has 23 heavy (non-hydrogen) atoms. The molecule has 0 saturated carbocycles. The van der Waals surface area contributed by atoms with Crippen LogP contribution >= 0.6 is 11.6 Å². The van der Waals surface area contributed by atoms with Crippen LogP contribution in [0.3, 0.4) is 0 Å². The summed E-state index contributed by atoms with van der Waals surface area (Å²) in [5.74, 6) is 0.856. The topological polar surface area (TPSA) is 36.9 Å². The second-order valence-electron chi connectivity index (χ2n) is 5.64. The average molecular weight is 326 g/mol. The van der Waals surface area contributed by atoms with Gasteiger partial charge in [-0.2, -0.15) is 0 Å². The summed E-state index contributed by atoms with van der Waals surface area (Å²) < 4.78 is 5.20. The van der Waals surface area contributed by atoms with Crippen molar-refractivity contribution in [3.8, 4) is 5.75 Å². The summed E-state index contributed by atoms with van der Waals surface area (Å²) in [6.07, 6.45) is 11.8. The van der Waals surface area contributed by atoms with E-state index < -0.39 is 5.54 Å². The number of nitrogens with zero attached hydrogens (tertiary/aromatic N) is 2. The van der Waals surface area contributed by atoms with E-state index in [1.54, 1.807) is 13.3 Å². The molecule has 1 N–H and O–H groups in total. The van der Waals surface area contributed by atoms with Crippen LogP contribution in [0.5, 0.6) is 5.75 Å². The number of aliphatic imine (C=N–C) groups is 1. The van der Waals surface area contributed by atoms with Gasteiger partial charge in [0, 0.05) is 23.0 Å². The molecule has 3 aliphatic rings. The molecule has 1 atom stereocenters. The lowest BCUT2D eigenvalue weighted by Crippen LogP contribution is -2.49. The van der Waals surface area contributed by atoms with Gasteiger partial charge in [0.2, 0.25) is 0 Å². The molecule has 5 heteroatoms. The third-order valence-corrected chi connectivity index (χ3v) is 4.57. The zero-order valence-corrected chi connectivity index (χ0v) is 13.4. The number of ether oxygens (including phenoxy) is 1. The van der Waals surface area contributed by atoms with Crippen molar-refractivity contribution >= 4 is 17.8 Å². The number of hydrogen-bond acceptors (Lipinski definition) is 4. The van der Waals surface area contributed by atoms with Gasteiger partial charge in [-0.1, -0.05) is 29.8 Å². The Bertz CT molecular complexity index is 789. The lowest BCUT2D eigenvalue weighted by Gasteiger charge is -2.34. The molecule has 2 heterocycles. The Balaban J connectivity index is 1.62. The normalized spacial score (nSPS) is 24.6. The summed E-state index contributed by atoms with van der Waals surface area (Å²) in [5.41, 5.74) is 6.24. The molecule has 0 radical (unpaired) electrons. The predicted octanol–water partition coefficient (Wildman–Crippen LogP) is 3.30. The Labute approximate surface area is 140 Å². The lowest BCUT2D eigenvalue weighted by atomic mass is 9.83. The molecule has 0 bridgehead atoms. The number of allylic oxidation sites excluding steroid dienone is 3. The number of methoxy groups -OCH3 is 1. The van der Waals surface area contributed by atoms with E-state index in [4.69, 9.17) is 16.3 Å². The minimum atomic E-state index is -0.451. The Hall–Kier alpha value is -2.30. The fraction of sp³-hybridized carbons (Fsp3) is 0.167. The van der Waals surface area contributed by atoms with Gasteiger partial charge in [-0.05, 0) is 35.9 Å². The maximum atomic E-state index is 6.42. The van der Waals surface area contributed by atoms with Gasteiger partial charge >= 0.3 is 0 Å². The number of rotatable bonds is 3. The van der Waals surface area contributed by atoms with Crippen molar-refractivity contribution in [2.24, 2.45) is 4.99 Å². The zero-order chi connectivity index (χ0) is 15.9. The van der Waals surface area contributed by atoms with Crippen LogP contribution in [-0.2, 0) is 6.54 Å². The van der Waals surface area contributed by atoms with Crippen LogP contribution in [-0.4, -0.2) is 23.9 Å². The standard InChI is InChI=1S/C18H16ClN3O/c1-23-14-5-3-13(4-6-14)11-22-12-15-16(19)7-8-17-18(15,21-22)9-2-10-20-17/h2-10,12,21H,11H2,1H3. The summed E-state index contributed by atoms with van der Waals surface area (Å²) in [4.78, 5) is 4.48. The van der Waals surface area contributed by atoms with Crippen molar-refractivity contribution in [1.82, 2.24) is 10.4 Å². The van der Waals surface area contributed by atoms with Crippen LogP contribution in [0.1, 0.15) is 5.56 Å². The smallest absolute Gasteiger partial charge is 0.125 e. The summed E-state index contributed by atoms with van der Waals surface area (Å²) in [5, 5.41) is 2.79. The second kappa shape index (κ2) is 5.41. The minimum absolute atomic E-state index is 0.451. The first kappa shape index (κ1) is 14.3. The largest absolute Gasteiger partial charge is 0.497 e. The number of hydrogen-bond donors (Lipinski definition) is 1. The van der Waals surface area contributed by atoms with Crippen molar-refractivity contribution in [3.05, 3.63) is 76.6 Å². The van der Waals surface area contributed by atoms with Gasteiger partial charge in [0.25, 0.3) is 0 Å². The zero-order valence-electron chi connectivity index (χ0n) is 12.7. The van der Waals surface area contributed by atoms with Gasteiger partial charge in [0.05, 0.1) is 19.4 Å². The van der Waals surface area contributed by atoms with Gasteiger partial charge in [-0.15, -0.1) is 0 Å². The molecule has 1 unspecified atom stereocenters. The first-order valence-electron chi connectivity index (χ1n) is 7.41. The van der Waals surface area contributed by atoms with E-state index in [2.05, 4.69) is 39.8 Å². The molecule has 1 spiro atoms. The summed E-state index contributed by atoms with van der Waals surface area (Å²) in [7, 11) is 1.67. The third kappa shape index (κ3) is 2.31. The molecule has 116 valence electrons. The molecule has 2 aliphatic heterocycles. The van der Waals surface area contributed by atoms with Crippen molar-refractivity contribution in [2.75, 3.05) is 7.11 Å². The Morgan fingerprint density at radius 3 is 2.87 bits per heavy atom. The van der Waals surface area contributed by atoms with Gasteiger partial charge in [0.1, 0.15) is 11.3 Å². The number of halogens is 1. The molecule has 1 aliphatic carbocycles. The maximum absolute atomic E-state index is 6.42. The van der Waals surface area contributed by atoms with E-state index in [1.807, 2.05) is 30.4 Å². The van der Waals surface area contributed by atoms with E-state index >= 15 is 0 Å². The third-order valence-electron chi connectivity index (χ3n) is 4.24. The molecule has 1 aromatic rings. The molecule has 1 aromatic carbocycles. The number of hydrazine groups is 1. The van der Waals surface area contributed by atoms with Crippen LogP contribution in [0, 0.1) is 0 Å². The molecule has 4 nitrogen and oxygen atoms in total. The van der Waals surface area contributed by atoms with Crippen LogP contribution in [0.25, 0.3) is 0 Å². The van der Waals surface area contributed by atoms with Gasteiger partial charge < -0.3 is 9.75 Å². The molecular weight excluding hydrogens is 310 g/mol. The highest BCUT2D eigenvalue weighted by molar-refractivity contribution is 6.32. The molecule has 0 fully saturated rings. The van der Waals surface area contributed by atoms with E-state index in [1.165, 1.54) is 5.56 Å². The van der Waals surface area contributed by atoms with Gasteiger partial charge in [0.15, 0.2) is 0 Å². The van der Waals surface area contributed by atoms with E-state index in [0.29, 0.717) is 0 Å². The number of nitrogens with one attached hydrogen (secondary N) is 1. The van der Waals surface area contributed by atoms with Crippen molar-refractivity contribution < 1.29 is 4.74 Å². The summed E-state index contributed by atoms with van der Waals surface area (Å²) in [6, 6.07) is 8.04. The molecular formula is C18H16ClN3O. The number of benzene rings is 1. The number of dihydropyridines is 1. The highest BCUT2D eigenvalue weighted by Gasteiger charge is 2.45. The second-order valence-corrected chi connectivity index (χ2v) is 6.05. The van der Waals surface area contributed by atoms with Crippen molar-refractivity contribution in [3.63, 3.8) is 0 Å². The van der Waals surface area contributed by atoms with Crippen LogP contribution in [0.2, 0.25) is 0 Å². The fourth-order valence-electron chi connectivity index (χ4n) is 3.08. The molecule has 4 rings (SSSR count). The van der Waals surface area contributed by atoms with E-state index in [0.717, 1.165) is 28.6 Å². The highest BCUT2D eigenvalue weighted by atomic mass is 35.5. The predicted molar refractivity (Wildman–Crippen MR) is 92.1 cm³/mol. The first-order chi connectivity index (χ1) is 11.2. The lowest BCUT2D eigenvalue weighted by molar-refractivity contribution is 0.248. The van der Waals surface area contributed by atoms with Crippen molar-refractivity contribution in [1.29, 1.82) is 0 Å². The minimum Gasteiger partial charge on any atom is -0.497 e. The Morgan fingerprint density at radius 1 is 1.26 bits per heavy atom. The maximum Gasteiger partial charge on any atom is 0.125 e. The van der Waals surface area contributed by atoms with Crippen molar-refractivity contribution in [2.45, 2.75) is 12.1 Å². The van der Waals surface area contributed by atoms with E-state index in [9.17, 15) is 0 Å². The average Bonchev–Trinajstić information content (AvgIpc) is 2.94. The first-order valence-corrected chi connectivity index (χ1v) is 7.79. The summed E-state index contributed by atoms with van der Waals surface area (Å²) >= 11 is 6.42. The van der Waals surface area contributed by atoms with Crippen LogP contribution in [0.4, 0.5) is 0 Å². The molecule has 0 amide bonds. The Kier molecular flexibility index (Phi) is 3.36. The highest BCUT2D eigenvalue weighted by Crippen LogP contribution is 2.43.